The van der Waals surface area contributed by atoms with Crippen molar-refractivity contribution in [2.75, 3.05) is 10.6 Å². The fraction of sp³-hybridized carbons (Fsp3) is 0.0667. The highest BCUT2D eigenvalue weighted by atomic mass is 19.1. The summed E-state index contributed by atoms with van der Waals surface area (Å²) in [5, 5.41) is 13.6. The molecule has 2 heterocycles. The molecule has 22 heavy (non-hydrogen) atoms. The van der Waals surface area contributed by atoms with Crippen molar-refractivity contribution in [1.82, 2.24) is 20.2 Å². The van der Waals surface area contributed by atoms with Crippen LogP contribution in [0.5, 0.6) is 0 Å². The first-order valence-electron chi connectivity index (χ1n) is 6.66. The van der Waals surface area contributed by atoms with Gasteiger partial charge in [-0.3, -0.25) is 4.98 Å². The molecule has 2 N–H and O–H groups in total. The molecule has 7 heteroatoms. The predicted octanol–water partition coefficient (Wildman–Crippen LogP) is 2.76. The molecular weight excluding hydrogens is 283 g/mol. The fourth-order valence-corrected chi connectivity index (χ4v) is 1.81. The van der Waals surface area contributed by atoms with Crippen LogP contribution >= 0.6 is 0 Å². The summed E-state index contributed by atoms with van der Waals surface area (Å²) in [7, 11) is 0. The van der Waals surface area contributed by atoms with Crippen molar-refractivity contribution in [3.8, 4) is 0 Å². The van der Waals surface area contributed by atoms with Gasteiger partial charge < -0.3 is 10.6 Å². The molecule has 3 aromatic rings. The molecule has 0 saturated carbocycles. The molecule has 0 fully saturated rings. The molecule has 6 nitrogen and oxygen atoms in total. The van der Waals surface area contributed by atoms with Gasteiger partial charge in [0, 0.05) is 6.20 Å². The van der Waals surface area contributed by atoms with Crippen LogP contribution in [-0.2, 0) is 6.54 Å². The smallest absolute Gasteiger partial charge is 0.245 e. The minimum Gasteiger partial charge on any atom is -0.347 e. The summed E-state index contributed by atoms with van der Waals surface area (Å²) < 4.78 is 13.6. The van der Waals surface area contributed by atoms with Crippen molar-refractivity contribution >= 4 is 17.5 Å². The van der Waals surface area contributed by atoms with E-state index in [1.165, 1.54) is 12.3 Å². The Morgan fingerprint density at radius 1 is 1.05 bits per heavy atom. The standard InChI is InChI=1S/C15H13FN6/c16-12-6-1-2-7-13(12)20-14-10-19-22-15(21-14)18-9-11-5-3-4-8-17-11/h1-8,10H,9H2,(H2,18,20,21,22). The molecule has 0 aliphatic rings. The summed E-state index contributed by atoms with van der Waals surface area (Å²) in [4.78, 5) is 8.43. The van der Waals surface area contributed by atoms with E-state index in [1.807, 2.05) is 18.2 Å². The second-order valence-electron chi connectivity index (χ2n) is 4.44. The lowest BCUT2D eigenvalue weighted by Crippen LogP contribution is -2.07. The van der Waals surface area contributed by atoms with E-state index in [-0.39, 0.29) is 5.82 Å². The summed E-state index contributed by atoms with van der Waals surface area (Å²) in [6.45, 7) is 0.478. The number of para-hydroxylation sites is 1. The van der Waals surface area contributed by atoms with Gasteiger partial charge in [0.15, 0.2) is 5.82 Å². The largest absolute Gasteiger partial charge is 0.347 e. The van der Waals surface area contributed by atoms with E-state index in [2.05, 4.69) is 30.8 Å². The van der Waals surface area contributed by atoms with E-state index in [0.717, 1.165) is 5.69 Å². The normalized spacial score (nSPS) is 10.2. The first kappa shape index (κ1) is 13.9. The monoisotopic (exact) mass is 296 g/mol. The van der Waals surface area contributed by atoms with E-state index in [4.69, 9.17) is 0 Å². The van der Waals surface area contributed by atoms with Crippen LogP contribution in [0, 0.1) is 5.82 Å². The minimum atomic E-state index is -0.357. The summed E-state index contributed by atoms with van der Waals surface area (Å²) >= 11 is 0. The highest BCUT2D eigenvalue weighted by Gasteiger charge is 2.04. The topological polar surface area (TPSA) is 75.6 Å². The number of nitrogens with one attached hydrogen (secondary N) is 2. The third kappa shape index (κ3) is 3.51. The van der Waals surface area contributed by atoms with Crippen LogP contribution in [0.25, 0.3) is 0 Å². The number of hydrogen-bond acceptors (Lipinski definition) is 6. The van der Waals surface area contributed by atoms with Gasteiger partial charge in [-0.15, -0.1) is 5.10 Å². The first-order chi connectivity index (χ1) is 10.8. The van der Waals surface area contributed by atoms with E-state index in [1.54, 1.807) is 24.4 Å². The van der Waals surface area contributed by atoms with Crippen LogP contribution in [0.3, 0.4) is 0 Å². The van der Waals surface area contributed by atoms with Crippen molar-refractivity contribution < 1.29 is 4.39 Å². The van der Waals surface area contributed by atoms with Gasteiger partial charge in [0.25, 0.3) is 0 Å². The molecule has 0 bridgehead atoms. The summed E-state index contributed by atoms with van der Waals surface area (Å²) in [6.07, 6.45) is 3.14. The lowest BCUT2D eigenvalue weighted by molar-refractivity contribution is 0.631. The number of hydrogen-bond donors (Lipinski definition) is 2. The Morgan fingerprint density at radius 2 is 1.91 bits per heavy atom. The summed E-state index contributed by atoms with van der Waals surface area (Å²) in [5.41, 5.74) is 1.19. The minimum absolute atomic E-state index is 0.332. The van der Waals surface area contributed by atoms with Gasteiger partial charge in [-0.05, 0) is 24.3 Å². The zero-order chi connectivity index (χ0) is 15.2. The molecule has 0 saturated heterocycles. The number of pyridine rings is 1. The average molecular weight is 296 g/mol. The lowest BCUT2D eigenvalue weighted by Gasteiger charge is -2.08. The molecule has 0 aliphatic carbocycles. The van der Waals surface area contributed by atoms with Gasteiger partial charge in [-0.1, -0.05) is 18.2 Å². The molecule has 1 aromatic carbocycles. The Hall–Kier alpha value is -3.09. The molecule has 110 valence electrons. The molecule has 0 unspecified atom stereocenters. The maximum atomic E-state index is 13.6. The zero-order valence-corrected chi connectivity index (χ0v) is 11.6. The Kier molecular flexibility index (Phi) is 4.15. The number of halogens is 1. The van der Waals surface area contributed by atoms with Gasteiger partial charge >= 0.3 is 0 Å². The van der Waals surface area contributed by atoms with Crippen molar-refractivity contribution in [3.05, 3.63) is 66.4 Å². The molecule has 0 spiro atoms. The SMILES string of the molecule is Fc1ccccc1Nc1cnnc(NCc2ccccn2)n1. The molecule has 0 aliphatic heterocycles. The van der Waals surface area contributed by atoms with Crippen LogP contribution in [-0.4, -0.2) is 20.2 Å². The number of anilines is 3. The Labute approximate surface area is 126 Å². The van der Waals surface area contributed by atoms with Gasteiger partial charge in [0.05, 0.1) is 24.1 Å². The maximum Gasteiger partial charge on any atom is 0.245 e. The van der Waals surface area contributed by atoms with Gasteiger partial charge in [0.1, 0.15) is 5.82 Å². The van der Waals surface area contributed by atoms with Gasteiger partial charge in [-0.2, -0.15) is 10.1 Å². The fourth-order valence-electron chi connectivity index (χ4n) is 1.81. The third-order valence-corrected chi connectivity index (χ3v) is 2.85. The Balaban J connectivity index is 1.69. The van der Waals surface area contributed by atoms with Crippen LogP contribution < -0.4 is 10.6 Å². The predicted molar refractivity (Wildman–Crippen MR) is 81.1 cm³/mol. The molecule has 0 atom stereocenters. The summed E-state index contributed by atoms with van der Waals surface area (Å²) in [6, 6.07) is 12.0. The molecule has 2 aromatic heterocycles. The second-order valence-corrected chi connectivity index (χ2v) is 4.44. The highest BCUT2D eigenvalue weighted by Crippen LogP contribution is 2.17. The van der Waals surface area contributed by atoms with E-state index in [9.17, 15) is 4.39 Å². The lowest BCUT2D eigenvalue weighted by atomic mass is 10.3. The highest BCUT2D eigenvalue weighted by molar-refractivity contribution is 5.56. The molecular formula is C15H13FN6. The second kappa shape index (κ2) is 6.57. The Morgan fingerprint density at radius 3 is 2.73 bits per heavy atom. The van der Waals surface area contributed by atoms with Crippen LogP contribution in [0.1, 0.15) is 5.69 Å². The Bertz CT molecular complexity index is 750. The quantitative estimate of drug-likeness (QED) is 0.754. The molecule has 0 amide bonds. The van der Waals surface area contributed by atoms with Crippen LogP contribution in [0.2, 0.25) is 0 Å². The first-order valence-corrected chi connectivity index (χ1v) is 6.66. The number of benzene rings is 1. The van der Waals surface area contributed by atoms with Gasteiger partial charge in [-0.25, -0.2) is 4.39 Å². The summed E-state index contributed by atoms with van der Waals surface area (Å²) in [5.74, 6) is 0.389. The van der Waals surface area contributed by atoms with Gasteiger partial charge in [0.2, 0.25) is 5.95 Å². The van der Waals surface area contributed by atoms with Crippen LogP contribution in [0.4, 0.5) is 21.8 Å². The zero-order valence-electron chi connectivity index (χ0n) is 11.6. The molecule has 3 rings (SSSR count). The van der Waals surface area contributed by atoms with E-state index >= 15 is 0 Å². The van der Waals surface area contributed by atoms with Crippen LogP contribution in [0.15, 0.2) is 54.9 Å². The van der Waals surface area contributed by atoms with Crippen molar-refractivity contribution in [1.29, 1.82) is 0 Å². The maximum absolute atomic E-state index is 13.6. The average Bonchev–Trinajstić information content (AvgIpc) is 2.57. The van der Waals surface area contributed by atoms with E-state index < -0.39 is 0 Å². The third-order valence-electron chi connectivity index (χ3n) is 2.85. The van der Waals surface area contributed by atoms with Crippen molar-refractivity contribution in [2.24, 2.45) is 0 Å². The number of rotatable bonds is 5. The number of nitrogens with zero attached hydrogens (tertiary/aromatic N) is 4. The van der Waals surface area contributed by atoms with E-state index in [0.29, 0.717) is 24.0 Å². The van der Waals surface area contributed by atoms with Crippen molar-refractivity contribution in [3.63, 3.8) is 0 Å². The van der Waals surface area contributed by atoms with Crippen molar-refractivity contribution in [2.45, 2.75) is 6.54 Å². The molecule has 0 radical (unpaired) electrons. The number of aromatic nitrogens is 4.